The number of ether oxygens (including phenoxy) is 1. The van der Waals surface area contributed by atoms with Crippen LogP contribution in [0.5, 0.6) is 0 Å². The van der Waals surface area contributed by atoms with Crippen molar-refractivity contribution in [3.63, 3.8) is 0 Å². The third kappa shape index (κ3) is 1.69. The largest absolute Gasteiger partial charge is 0.345 e. The zero-order valence-electron chi connectivity index (χ0n) is 9.49. The van der Waals surface area contributed by atoms with Gasteiger partial charge in [-0.1, -0.05) is 60.8 Å². The zero-order chi connectivity index (χ0) is 11.6. The lowest BCUT2D eigenvalue weighted by Crippen LogP contribution is -2.19. The van der Waals surface area contributed by atoms with Crippen LogP contribution in [0.4, 0.5) is 0 Å². The van der Waals surface area contributed by atoms with Crippen molar-refractivity contribution < 1.29 is 4.74 Å². The van der Waals surface area contributed by atoms with Crippen LogP contribution in [0.25, 0.3) is 0 Å². The molecule has 0 saturated carbocycles. The molecule has 0 N–H and O–H groups in total. The van der Waals surface area contributed by atoms with Crippen LogP contribution in [0.2, 0.25) is 0 Å². The average molecular weight is 222 g/mol. The first kappa shape index (κ1) is 10.3. The molecule has 0 aromatic heterocycles. The highest BCUT2D eigenvalue weighted by atomic mass is 16.6. The fourth-order valence-electron chi connectivity index (χ4n) is 2.20. The van der Waals surface area contributed by atoms with Gasteiger partial charge in [0.25, 0.3) is 0 Å². The molecule has 1 nitrogen and oxygen atoms in total. The first-order chi connectivity index (χ1) is 8.37. The summed E-state index contributed by atoms with van der Waals surface area (Å²) in [6.45, 7) is 0. The first-order valence-corrected chi connectivity index (χ1v) is 5.81. The normalized spacial score (nSPS) is 37.2. The van der Waals surface area contributed by atoms with Crippen LogP contribution < -0.4 is 0 Å². The van der Waals surface area contributed by atoms with Crippen molar-refractivity contribution in [2.24, 2.45) is 0 Å². The predicted molar refractivity (Wildman–Crippen MR) is 70.5 cm³/mol. The van der Waals surface area contributed by atoms with E-state index in [4.69, 9.17) is 4.74 Å². The summed E-state index contributed by atoms with van der Waals surface area (Å²) in [6, 6.07) is 0. The quantitative estimate of drug-likeness (QED) is 0.572. The molecule has 17 heavy (non-hydrogen) atoms. The number of rotatable bonds is 0. The molecule has 1 heterocycles. The standard InChI is InChI=1S/C16H14O/c1-2-4-6-8-12-16-14-10-9-13-15(16,17-16)11-7-5-3-1/h1-14H. The fourth-order valence-corrected chi connectivity index (χ4v) is 2.20. The SMILES string of the molecule is C1=CC=CC=CC23C=CC=CC2(C=CC=C1)O3. The van der Waals surface area contributed by atoms with Crippen LogP contribution in [0, 0.1) is 0 Å². The van der Waals surface area contributed by atoms with E-state index in [1.165, 1.54) is 0 Å². The second kappa shape index (κ2) is 3.86. The molecule has 1 saturated heterocycles. The maximum Gasteiger partial charge on any atom is 0.143 e. The molecule has 2 unspecified atom stereocenters. The summed E-state index contributed by atoms with van der Waals surface area (Å²) in [6.07, 6.45) is 28.6. The monoisotopic (exact) mass is 222 g/mol. The Morgan fingerprint density at radius 3 is 1.12 bits per heavy atom. The highest BCUT2D eigenvalue weighted by molar-refractivity contribution is 5.50. The second-order valence-corrected chi connectivity index (χ2v) is 4.28. The van der Waals surface area contributed by atoms with E-state index in [-0.39, 0.29) is 11.2 Å². The van der Waals surface area contributed by atoms with Gasteiger partial charge in [0, 0.05) is 0 Å². The molecule has 2 aliphatic carbocycles. The Bertz CT molecular complexity index is 468. The maximum atomic E-state index is 5.93. The minimum Gasteiger partial charge on any atom is -0.345 e. The Kier molecular flexibility index (Phi) is 2.34. The molecular formula is C16H14O. The van der Waals surface area contributed by atoms with Gasteiger partial charge >= 0.3 is 0 Å². The van der Waals surface area contributed by atoms with E-state index in [0.717, 1.165) is 0 Å². The van der Waals surface area contributed by atoms with Gasteiger partial charge in [0.2, 0.25) is 0 Å². The molecular weight excluding hydrogens is 208 g/mol. The smallest absolute Gasteiger partial charge is 0.143 e. The lowest BCUT2D eigenvalue weighted by molar-refractivity contribution is 0.350. The molecule has 84 valence electrons. The van der Waals surface area contributed by atoms with Crippen LogP contribution >= 0.6 is 0 Å². The van der Waals surface area contributed by atoms with Crippen LogP contribution in [-0.4, -0.2) is 11.2 Å². The molecule has 0 aromatic rings. The van der Waals surface area contributed by atoms with Gasteiger partial charge in [0.1, 0.15) is 11.2 Å². The van der Waals surface area contributed by atoms with E-state index in [1.54, 1.807) is 0 Å². The van der Waals surface area contributed by atoms with Gasteiger partial charge in [0.05, 0.1) is 0 Å². The summed E-state index contributed by atoms with van der Waals surface area (Å²) in [5.74, 6) is 0. The highest BCUT2D eigenvalue weighted by Gasteiger charge is 2.64. The molecule has 0 amide bonds. The van der Waals surface area contributed by atoms with E-state index >= 15 is 0 Å². The molecule has 1 fully saturated rings. The van der Waals surface area contributed by atoms with Crippen LogP contribution in [0.1, 0.15) is 0 Å². The third-order valence-electron chi connectivity index (χ3n) is 3.17. The number of hydrogen-bond donors (Lipinski definition) is 0. The maximum absolute atomic E-state index is 5.93. The summed E-state index contributed by atoms with van der Waals surface area (Å²) in [7, 11) is 0. The van der Waals surface area contributed by atoms with Gasteiger partial charge in [0.15, 0.2) is 0 Å². The van der Waals surface area contributed by atoms with Gasteiger partial charge in [-0.05, 0) is 24.3 Å². The van der Waals surface area contributed by atoms with Gasteiger partial charge in [-0.25, -0.2) is 0 Å². The molecule has 0 radical (unpaired) electrons. The van der Waals surface area contributed by atoms with Crippen molar-refractivity contribution in [2.75, 3.05) is 0 Å². The Labute approximate surface area is 101 Å². The van der Waals surface area contributed by atoms with Crippen molar-refractivity contribution in [2.45, 2.75) is 11.2 Å². The molecule has 3 rings (SSSR count). The Morgan fingerprint density at radius 1 is 0.412 bits per heavy atom. The number of allylic oxidation sites excluding steroid dienone is 10. The lowest BCUT2D eigenvalue weighted by Gasteiger charge is -2.09. The van der Waals surface area contributed by atoms with Crippen molar-refractivity contribution in [1.29, 1.82) is 0 Å². The molecule has 0 spiro atoms. The Hall–Kier alpha value is -1.86. The van der Waals surface area contributed by atoms with Crippen LogP contribution in [0.15, 0.2) is 85.1 Å². The lowest BCUT2D eigenvalue weighted by atomic mass is 9.87. The van der Waals surface area contributed by atoms with E-state index in [9.17, 15) is 0 Å². The van der Waals surface area contributed by atoms with Crippen LogP contribution in [-0.2, 0) is 4.74 Å². The molecule has 3 aliphatic rings. The predicted octanol–water partition coefficient (Wildman–Crippen LogP) is 3.41. The van der Waals surface area contributed by atoms with E-state index in [0.29, 0.717) is 0 Å². The van der Waals surface area contributed by atoms with Crippen LogP contribution in [0.3, 0.4) is 0 Å². The molecule has 1 aliphatic heterocycles. The number of hydrogen-bond acceptors (Lipinski definition) is 1. The minimum absolute atomic E-state index is 0.278. The third-order valence-corrected chi connectivity index (χ3v) is 3.17. The zero-order valence-corrected chi connectivity index (χ0v) is 9.49. The van der Waals surface area contributed by atoms with Gasteiger partial charge in [-0.3, -0.25) is 0 Å². The summed E-state index contributed by atoms with van der Waals surface area (Å²) in [4.78, 5) is 0. The van der Waals surface area contributed by atoms with E-state index in [1.807, 2.05) is 60.8 Å². The molecule has 1 heteroatoms. The summed E-state index contributed by atoms with van der Waals surface area (Å²) >= 11 is 0. The number of epoxide rings is 1. The minimum atomic E-state index is -0.278. The highest BCUT2D eigenvalue weighted by Crippen LogP contribution is 2.54. The first-order valence-electron chi connectivity index (χ1n) is 5.81. The second-order valence-electron chi connectivity index (χ2n) is 4.28. The molecule has 0 bridgehead atoms. The van der Waals surface area contributed by atoms with Crippen molar-refractivity contribution >= 4 is 0 Å². The summed E-state index contributed by atoms with van der Waals surface area (Å²) in [5.41, 5.74) is -0.557. The van der Waals surface area contributed by atoms with Crippen molar-refractivity contribution in [3.8, 4) is 0 Å². The Morgan fingerprint density at radius 2 is 0.706 bits per heavy atom. The average Bonchev–Trinajstić information content (AvgIpc) is 2.99. The van der Waals surface area contributed by atoms with Gasteiger partial charge in [-0.2, -0.15) is 0 Å². The summed E-state index contributed by atoms with van der Waals surface area (Å²) in [5, 5.41) is 0. The van der Waals surface area contributed by atoms with Gasteiger partial charge in [-0.15, -0.1) is 0 Å². The van der Waals surface area contributed by atoms with Crippen molar-refractivity contribution in [1.82, 2.24) is 0 Å². The topological polar surface area (TPSA) is 12.5 Å². The van der Waals surface area contributed by atoms with E-state index < -0.39 is 0 Å². The van der Waals surface area contributed by atoms with E-state index in [2.05, 4.69) is 24.3 Å². The Balaban J connectivity index is 1.99. The van der Waals surface area contributed by atoms with Crippen molar-refractivity contribution in [3.05, 3.63) is 85.1 Å². The van der Waals surface area contributed by atoms with Gasteiger partial charge < -0.3 is 4.74 Å². The molecule has 0 aromatic carbocycles. The molecule has 2 atom stereocenters. The summed E-state index contributed by atoms with van der Waals surface area (Å²) < 4.78 is 5.93. The fraction of sp³-hybridized carbons (Fsp3) is 0.125.